The fourth-order valence-electron chi connectivity index (χ4n) is 2.75. The lowest BCUT2D eigenvalue weighted by atomic mass is 9.94. The van der Waals surface area contributed by atoms with Crippen molar-refractivity contribution in [1.29, 1.82) is 0 Å². The molecule has 5 heteroatoms. The van der Waals surface area contributed by atoms with Gasteiger partial charge in [0.2, 0.25) is 0 Å². The second kappa shape index (κ2) is 7.25. The molecule has 0 unspecified atom stereocenters. The Balaban J connectivity index is 2.34. The minimum atomic E-state index is 0.269. The molecule has 0 spiro atoms. The summed E-state index contributed by atoms with van der Waals surface area (Å²) in [5.74, 6) is 0.962. The Bertz CT molecular complexity index is 459. The van der Waals surface area contributed by atoms with Crippen LogP contribution in [0.4, 0.5) is 0 Å². The number of phenolic OH excluding ortho intramolecular Hbond substituents is 1. The average molecular weight is 406 g/mol. The monoisotopic (exact) mass is 404 g/mol. The fraction of sp³-hybridized carbons (Fsp3) is 0.600. The van der Waals surface area contributed by atoms with Crippen molar-refractivity contribution in [2.24, 2.45) is 5.92 Å². The first-order chi connectivity index (χ1) is 9.49. The summed E-state index contributed by atoms with van der Waals surface area (Å²) >= 11 is 6.98. The number of aromatic hydroxyl groups is 1. The molecule has 0 aliphatic carbocycles. The van der Waals surface area contributed by atoms with E-state index in [0.29, 0.717) is 11.7 Å². The van der Waals surface area contributed by atoms with E-state index in [0.717, 1.165) is 47.1 Å². The van der Waals surface area contributed by atoms with Crippen molar-refractivity contribution in [3.63, 3.8) is 0 Å². The molecule has 20 heavy (non-hydrogen) atoms. The van der Waals surface area contributed by atoms with Gasteiger partial charge in [-0.25, -0.2) is 0 Å². The topological polar surface area (TPSA) is 35.5 Å². The molecule has 1 aliphatic rings. The van der Waals surface area contributed by atoms with E-state index in [-0.39, 0.29) is 6.04 Å². The smallest absolute Gasteiger partial charge is 0.134 e. The van der Waals surface area contributed by atoms with E-state index in [1.807, 2.05) is 6.07 Å². The second-order valence-corrected chi connectivity index (χ2v) is 7.53. The third-order valence-corrected chi connectivity index (χ3v) is 4.77. The molecule has 1 fully saturated rings. The third-order valence-electron chi connectivity index (χ3n) is 3.70. The van der Waals surface area contributed by atoms with E-state index in [1.54, 1.807) is 0 Å². The highest BCUT2D eigenvalue weighted by Gasteiger charge is 2.26. The first-order valence-electron chi connectivity index (χ1n) is 7.11. The predicted octanol–water partition coefficient (Wildman–Crippen LogP) is 3.91. The molecule has 0 aromatic heterocycles. The molecule has 0 radical (unpaired) electrons. The molecule has 1 saturated heterocycles. The molecular formula is C15H22Br2N2O. The van der Waals surface area contributed by atoms with Crippen LogP contribution in [0.25, 0.3) is 0 Å². The van der Waals surface area contributed by atoms with Crippen molar-refractivity contribution in [2.75, 3.05) is 26.2 Å². The molecule has 0 saturated carbocycles. The van der Waals surface area contributed by atoms with Gasteiger partial charge in [0.25, 0.3) is 0 Å². The first kappa shape index (κ1) is 16.3. The van der Waals surface area contributed by atoms with Crippen LogP contribution in [0.3, 0.4) is 0 Å². The van der Waals surface area contributed by atoms with Gasteiger partial charge in [-0.3, -0.25) is 4.90 Å². The Labute approximate surface area is 138 Å². The molecule has 1 heterocycles. The molecule has 112 valence electrons. The van der Waals surface area contributed by atoms with Crippen LogP contribution in [-0.4, -0.2) is 36.2 Å². The van der Waals surface area contributed by atoms with Gasteiger partial charge >= 0.3 is 0 Å². The number of hydrogen-bond acceptors (Lipinski definition) is 3. The number of nitrogens with zero attached hydrogens (tertiary/aromatic N) is 1. The SMILES string of the molecule is CC(C)C[C@H](c1cc(Br)cc(Br)c1O)N1CCNCC1. The van der Waals surface area contributed by atoms with Gasteiger partial charge in [0, 0.05) is 42.3 Å². The van der Waals surface area contributed by atoms with Crippen LogP contribution in [0.1, 0.15) is 31.9 Å². The Morgan fingerprint density at radius 2 is 1.90 bits per heavy atom. The zero-order valence-corrected chi connectivity index (χ0v) is 15.2. The highest BCUT2D eigenvalue weighted by molar-refractivity contribution is 9.11. The van der Waals surface area contributed by atoms with Crippen molar-refractivity contribution >= 4 is 31.9 Å². The molecule has 2 rings (SSSR count). The zero-order valence-electron chi connectivity index (χ0n) is 12.0. The van der Waals surface area contributed by atoms with E-state index in [2.05, 4.69) is 62.0 Å². The summed E-state index contributed by atoms with van der Waals surface area (Å²) in [6.45, 7) is 8.57. The number of nitrogens with one attached hydrogen (secondary N) is 1. The number of phenols is 1. The lowest BCUT2D eigenvalue weighted by molar-refractivity contribution is 0.151. The Morgan fingerprint density at radius 3 is 2.50 bits per heavy atom. The van der Waals surface area contributed by atoms with Crippen molar-refractivity contribution in [3.05, 3.63) is 26.6 Å². The maximum absolute atomic E-state index is 10.4. The number of benzene rings is 1. The van der Waals surface area contributed by atoms with Gasteiger partial charge in [0.15, 0.2) is 0 Å². The molecule has 2 N–H and O–H groups in total. The standard InChI is InChI=1S/C15H22Br2N2O/c1-10(2)7-14(19-5-3-18-4-6-19)12-8-11(16)9-13(17)15(12)20/h8-10,14,18,20H,3-7H2,1-2H3/t14-/m1/s1. The third kappa shape index (κ3) is 3.97. The summed E-state index contributed by atoms with van der Waals surface area (Å²) in [5, 5.41) is 13.8. The summed E-state index contributed by atoms with van der Waals surface area (Å²) in [6.07, 6.45) is 1.05. The summed E-state index contributed by atoms with van der Waals surface area (Å²) in [7, 11) is 0. The molecular weight excluding hydrogens is 384 g/mol. The summed E-state index contributed by atoms with van der Waals surface area (Å²) in [4.78, 5) is 2.48. The summed E-state index contributed by atoms with van der Waals surface area (Å²) in [5.41, 5.74) is 1.02. The van der Waals surface area contributed by atoms with Crippen molar-refractivity contribution < 1.29 is 5.11 Å². The number of hydrogen-bond donors (Lipinski definition) is 2. The van der Waals surface area contributed by atoms with E-state index in [1.165, 1.54) is 0 Å². The number of rotatable bonds is 4. The maximum atomic E-state index is 10.4. The first-order valence-corrected chi connectivity index (χ1v) is 8.70. The molecule has 1 aliphatic heterocycles. The van der Waals surface area contributed by atoms with Crippen LogP contribution in [0.5, 0.6) is 5.75 Å². The van der Waals surface area contributed by atoms with Gasteiger partial charge in [0.1, 0.15) is 5.75 Å². The van der Waals surface area contributed by atoms with Crippen LogP contribution in [-0.2, 0) is 0 Å². The summed E-state index contributed by atoms with van der Waals surface area (Å²) < 4.78 is 1.76. The van der Waals surface area contributed by atoms with Gasteiger partial charge in [0.05, 0.1) is 4.47 Å². The van der Waals surface area contributed by atoms with Crippen molar-refractivity contribution in [2.45, 2.75) is 26.3 Å². The maximum Gasteiger partial charge on any atom is 0.134 e. The average Bonchev–Trinajstić information content (AvgIpc) is 2.41. The highest BCUT2D eigenvalue weighted by atomic mass is 79.9. The van der Waals surface area contributed by atoms with Gasteiger partial charge in [-0.05, 0) is 40.4 Å². The quantitative estimate of drug-likeness (QED) is 0.796. The minimum Gasteiger partial charge on any atom is -0.506 e. The van der Waals surface area contributed by atoms with Crippen molar-refractivity contribution in [3.8, 4) is 5.75 Å². The molecule has 3 nitrogen and oxygen atoms in total. The normalized spacial score (nSPS) is 18.4. The highest BCUT2D eigenvalue weighted by Crippen LogP contribution is 2.39. The van der Waals surface area contributed by atoms with E-state index in [4.69, 9.17) is 0 Å². The largest absolute Gasteiger partial charge is 0.506 e. The van der Waals surface area contributed by atoms with Gasteiger partial charge in [-0.2, -0.15) is 0 Å². The fourth-order valence-corrected chi connectivity index (χ4v) is 4.01. The van der Waals surface area contributed by atoms with Crippen LogP contribution >= 0.6 is 31.9 Å². The lowest BCUT2D eigenvalue weighted by Gasteiger charge is -2.36. The number of halogens is 2. The van der Waals surface area contributed by atoms with Gasteiger partial charge < -0.3 is 10.4 Å². The van der Waals surface area contributed by atoms with Crippen LogP contribution < -0.4 is 5.32 Å². The lowest BCUT2D eigenvalue weighted by Crippen LogP contribution is -2.45. The molecule has 1 aromatic rings. The van der Waals surface area contributed by atoms with Gasteiger partial charge in [-0.15, -0.1) is 0 Å². The zero-order chi connectivity index (χ0) is 14.7. The summed E-state index contributed by atoms with van der Waals surface area (Å²) in [6, 6.07) is 4.21. The van der Waals surface area contributed by atoms with Crippen LogP contribution in [0.15, 0.2) is 21.1 Å². The molecule has 1 aromatic carbocycles. The van der Waals surface area contributed by atoms with Crippen LogP contribution in [0, 0.1) is 5.92 Å². The minimum absolute atomic E-state index is 0.269. The second-order valence-electron chi connectivity index (χ2n) is 5.76. The van der Waals surface area contributed by atoms with E-state index >= 15 is 0 Å². The Morgan fingerprint density at radius 1 is 1.25 bits per heavy atom. The Hall–Kier alpha value is -0.100. The molecule has 0 bridgehead atoms. The van der Waals surface area contributed by atoms with Crippen LogP contribution in [0.2, 0.25) is 0 Å². The number of piperazine rings is 1. The Kier molecular flexibility index (Phi) is 5.90. The van der Waals surface area contributed by atoms with E-state index in [9.17, 15) is 5.11 Å². The predicted molar refractivity (Wildman–Crippen MR) is 90.1 cm³/mol. The van der Waals surface area contributed by atoms with Crippen molar-refractivity contribution in [1.82, 2.24) is 10.2 Å². The molecule has 0 amide bonds. The molecule has 1 atom stereocenters. The van der Waals surface area contributed by atoms with Gasteiger partial charge in [-0.1, -0.05) is 29.8 Å². The van der Waals surface area contributed by atoms with E-state index < -0.39 is 0 Å².